The van der Waals surface area contributed by atoms with Gasteiger partial charge in [-0.1, -0.05) is 18.2 Å². The molecule has 2 saturated heterocycles. The van der Waals surface area contributed by atoms with Gasteiger partial charge in [0.2, 0.25) is 10.0 Å². The smallest absolute Gasteiger partial charge is 0.475 e. The highest BCUT2D eigenvalue weighted by molar-refractivity contribution is 7.89. The fourth-order valence-corrected chi connectivity index (χ4v) is 5.72. The summed E-state index contributed by atoms with van der Waals surface area (Å²) >= 11 is 0. The minimum atomic E-state index is -5.08. The Morgan fingerprint density at radius 2 is 1.79 bits per heavy atom. The quantitative estimate of drug-likeness (QED) is 0.690. The van der Waals surface area contributed by atoms with Crippen molar-refractivity contribution in [1.82, 2.24) is 9.29 Å². The average Bonchev–Trinajstić information content (AvgIpc) is 3.02. The van der Waals surface area contributed by atoms with Gasteiger partial charge in [0, 0.05) is 37.8 Å². The van der Waals surface area contributed by atoms with Gasteiger partial charge in [-0.25, -0.2) is 13.2 Å². The lowest BCUT2D eigenvalue weighted by Gasteiger charge is -2.43. The number of halogens is 3. The van der Waals surface area contributed by atoms with Crippen molar-refractivity contribution >= 4 is 21.7 Å². The van der Waals surface area contributed by atoms with Gasteiger partial charge < -0.3 is 14.7 Å². The summed E-state index contributed by atoms with van der Waals surface area (Å²) in [7, 11) is -3.48. The maximum absolute atomic E-state index is 13.1. The number of aromatic nitrogens is 1. The van der Waals surface area contributed by atoms with E-state index < -0.39 is 22.2 Å². The summed E-state index contributed by atoms with van der Waals surface area (Å²) in [5.41, 5.74) is 0.859. The molecule has 0 saturated carbocycles. The van der Waals surface area contributed by atoms with E-state index >= 15 is 0 Å². The largest absolute Gasteiger partial charge is 0.490 e. The Balaban J connectivity index is 0.000000406. The van der Waals surface area contributed by atoms with Crippen LogP contribution in [0, 0.1) is 5.41 Å². The fraction of sp³-hybridized carbons (Fsp3) is 0.455. The number of carbonyl (C=O) groups is 1. The number of sulfonamides is 1. The molecule has 0 amide bonds. The first kappa shape index (κ1) is 25.9. The number of rotatable bonds is 3. The van der Waals surface area contributed by atoms with Crippen molar-refractivity contribution in [2.45, 2.75) is 23.9 Å². The summed E-state index contributed by atoms with van der Waals surface area (Å²) in [6.07, 6.45) is 0.351. The van der Waals surface area contributed by atoms with Gasteiger partial charge in [0.1, 0.15) is 0 Å². The lowest BCUT2D eigenvalue weighted by Crippen LogP contribution is -2.52. The molecule has 12 heteroatoms. The normalized spacial score (nSPS) is 21.9. The first-order valence-electron chi connectivity index (χ1n) is 10.6. The van der Waals surface area contributed by atoms with Gasteiger partial charge >= 0.3 is 12.1 Å². The number of alkyl halides is 3. The molecule has 2 aliphatic rings. The second-order valence-corrected chi connectivity index (χ2v) is 10.2. The molecule has 3 heterocycles. The molecule has 2 aromatic rings. The predicted molar refractivity (Wildman–Crippen MR) is 118 cm³/mol. The molecule has 2 fully saturated rings. The minimum Gasteiger partial charge on any atom is -0.475 e. The number of piperidine rings is 1. The van der Waals surface area contributed by atoms with Crippen molar-refractivity contribution < 1.29 is 36.2 Å². The summed E-state index contributed by atoms with van der Waals surface area (Å²) < 4.78 is 65.5. The predicted octanol–water partition coefficient (Wildman–Crippen LogP) is 3.02. The van der Waals surface area contributed by atoms with Crippen molar-refractivity contribution in [2.24, 2.45) is 5.41 Å². The van der Waals surface area contributed by atoms with E-state index in [1.54, 1.807) is 34.8 Å². The number of pyridine rings is 1. The maximum Gasteiger partial charge on any atom is 0.490 e. The lowest BCUT2D eigenvalue weighted by atomic mass is 9.81. The van der Waals surface area contributed by atoms with Crippen LogP contribution in [0.4, 0.5) is 18.9 Å². The second kappa shape index (κ2) is 10.7. The van der Waals surface area contributed by atoms with Gasteiger partial charge in [-0.3, -0.25) is 4.98 Å². The van der Waals surface area contributed by atoms with Crippen molar-refractivity contribution in [3.05, 3.63) is 54.9 Å². The monoisotopic (exact) mass is 501 g/mol. The van der Waals surface area contributed by atoms with Crippen LogP contribution in [0.1, 0.15) is 12.8 Å². The van der Waals surface area contributed by atoms with Gasteiger partial charge in [-0.05, 0) is 37.1 Å². The van der Waals surface area contributed by atoms with E-state index in [1.165, 1.54) is 0 Å². The first-order chi connectivity index (χ1) is 16.0. The van der Waals surface area contributed by atoms with E-state index in [0.717, 1.165) is 31.6 Å². The third-order valence-electron chi connectivity index (χ3n) is 5.70. The van der Waals surface area contributed by atoms with Gasteiger partial charge in [-0.15, -0.1) is 0 Å². The van der Waals surface area contributed by atoms with Crippen LogP contribution in [-0.2, 0) is 19.6 Å². The molecule has 0 aliphatic carbocycles. The number of anilines is 1. The van der Waals surface area contributed by atoms with E-state index in [-0.39, 0.29) is 5.41 Å². The Bertz CT molecular complexity index is 1050. The molecule has 1 N–H and O–H groups in total. The molecule has 1 atom stereocenters. The maximum atomic E-state index is 13.1. The molecule has 8 nitrogen and oxygen atoms in total. The van der Waals surface area contributed by atoms with E-state index in [4.69, 9.17) is 14.6 Å². The summed E-state index contributed by atoms with van der Waals surface area (Å²) in [6.45, 7) is 3.85. The van der Waals surface area contributed by atoms with Gasteiger partial charge in [0.25, 0.3) is 0 Å². The number of nitrogens with zero attached hydrogens (tertiary/aromatic N) is 3. The third kappa shape index (κ3) is 6.45. The Morgan fingerprint density at radius 3 is 2.41 bits per heavy atom. The van der Waals surface area contributed by atoms with Crippen molar-refractivity contribution in [3.8, 4) is 0 Å². The number of hydrogen-bond donors (Lipinski definition) is 1. The molecule has 1 spiro atoms. The Morgan fingerprint density at radius 1 is 1.09 bits per heavy atom. The number of carboxylic acids is 1. The number of benzene rings is 1. The third-order valence-corrected chi connectivity index (χ3v) is 7.56. The summed E-state index contributed by atoms with van der Waals surface area (Å²) in [6, 6.07) is 12.7. The van der Waals surface area contributed by atoms with Crippen LogP contribution in [0.25, 0.3) is 0 Å². The average molecular weight is 502 g/mol. The molecule has 0 radical (unpaired) electrons. The highest BCUT2D eigenvalue weighted by atomic mass is 32.2. The number of aliphatic carboxylic acids is 1. The summed E-state index contributed by atoms with van der Waals surface area (Å²) in [5, 5.41) is 7.12. The van der Waals surface area contributed by atoms with Crippen molar-refractivity contribution in [3.63, 3.8) is 0 Å². The van der Waals surface area contributed by atoms with Crippen LogP contribution in [0.15, 0.2) is 59.8 Å². The van der Waals surface area contributed by atoms with Crippen LogP contribution >= 0.6 is 0 Å². The Kier molecular flexibility index (Phi) is 8.16. The highest BCUT2D eigenvalue weighted by Gasteiger charge is 2.42. The zero-order valence-corrected chi connectivity index (χ0v) is 19.1. The summed E-state index contributed by atoms with van der Waals surface area (Å²) in [4.78, 5) is 15.8. The van der Waals surface area contributed by atoms with E-state index in [9.17, 15) is 21.6 Å². The topological polar surface area (TPSA) is 100 Å². The molecule has 1 aromatic heterocycles. The van der Waals surface area contributed by atoms with Crippen molar-refractivity contribution in [2.75, 3.05) is 44.3 Å². The molecule has 1 unspecified atom stereocenters. The minimum absolute atomic E-state index is 0.202. The van der Waals surface area contributed by atoms with Gasteiger partial charge in [0.05, 0.1) is 30.0 Å². The van der Waals surface area contributed by atoms with Crippen LogP contribution in [0.5, 0.6) is 0 Å². The number of hydrogen-bond acceptors (Lipinski definition) is 6. The zero-order valence-electron chi connectivity index (χ0n) is 18.3. The molecule has 186 valence electrons. The van der Waals surface area contributed by atoms with Crippen LogP contribution in [0.3, 0.4) is 0 Å². The number of ether oxygens (including phenoxy) is 1. The molecule has 1 aromatic carbocycles. The molecule has 4 rings (SSSR count). The van der Waals surface area contributed by atoms with Crippen molar-refractivity contribution in [1.29, 1.82) is 0 Å². The molecule has 2 aliphatic heterocycles. The molecular formula is C22H26F3N3O5S. The van der Waals surface area contributed by atoms with E-state index in [0.29, 0.717) is 31.2 Å². The Labute approximate surface area is 196 Å². The SMILES string of the molecule is O=C(O)C(F)(F)F.O=S(=O)(c1ccccc1)N1CCCC2(COCCN(c3cccnc3)C2)C1. The van der Waals surface area contributed by atoms with E-state index in [1.807, 2.05) is 24.4 Å². The first-order valence-corrected chi connectivity index (χ1v) is 12.1. The van der Waals surface area contributed by atoms with Gasteiger partial charge in [-0.2, -0.15) is 17.5 Å². The zero-order chi connectivity index (χ0) is 24.8. The highest BCUT2D eigenvalue weighted by Crippen LogP contribution is 2.36. The lowest BCUT2D eigenvalue weighted by molar-refractivity contribution is -0.192. The van der Waals surface area contributed by atoms with Crippen LogP contribution in [-0.4, -0.2) is 74.4 Å². The van der Waals surface area contributed by atoms with Gasteiger partial charge in [0.15, 0.2) is 0 Å². The molecular weight excluding hydrogens is 475 g/mol. The molecule has 34 heavy (non-hydrogen) atoms. The standard InChI is InChI=1S/C20H25N3O3S.C2HF3O2/c24-27(25,19-7-2-1-3-8-19)23-11-5-9-20(16-23)15-22(12-13-26-17-20)18-6-4-10-21-14-18;3-2(4,5)1(6)7/h1-4,6-8,10,14H,5,9,11-13,15-17H2;(H,6,7). The molecule has 0 bridgehead atoms. The number of carboxylic acid groups (broad SMARTS) is 1. The Hall–Kier alpha value is -2.70. The van der Waals surface area contributed by atoms with E-state index in [2.05, 4.69) is 9.88 Å². The fourth-order valence-electron chi connectivity index (χ4n) is 4.11. The van der Waals surface area contributed by atoms with Crippen LogP contribution < -0.4 is 4.90 Å². The summed E-state index contributed by atoms with van der Waals surface area (Å²) in [5.74, 6) is -2.76. The van der Waals surface area contributed by atoms with Crippen LogP contribution in [0.2, 0.25) is 0 Å². The second-order valence-electron chi connectivity index (χ2n) is 8.24.